The van der Waals surface area contributed by atoms with Crippen molar-refractivity contribution in [3.8, 4) is 0 Å². The highest BCUT2D eigenvalue weighted by atomic mass is 32.2. The normalized spacial score (nSPS) is 12.0. The highest BCUT2D eigenvalue weighted by Gasteiger charge is 2.30. The maximum absolute atomic E-state index is 13.9. The van der Waals surface area contributed by atoms with Crippen LogP contribution in [0, 0.1) is 20.8 Å². The number of carbonyl (C=O) groups is 2. The van der Waals surface area contributed by atoms with Crippen molar-refractivity contribution in [3.63, 3.8) is 0 Å². The van der Waals surface area contributed by atoms with Gasteiger partial charge in [-0.25, -0.2) is 8.42 Å². The maximum atomic E-state index is 13.9. The lowest BCUT2D eigenvalue weighted by Gasteiger charge is -2.32. The molecule has 1 N–H and O–H groups in total. The first-order valence-electron chi connectivity index (χ1n) is 14.2. The van der Waals surface area contributed by atoms with Crippen molar-refractivity contribution >= 4 is 27.5 Å². The summed E-state index contributed by atoms with van der Waals surface area (Å²) in [5.41, 5.74) is 5.40. The van der Waals surface area contributed by atoms with Crippen LogP contribution in [0.15, 0.2) is 72.8 Å². The molecule has 0 bridgehead atoms. The van der Waals surface area contributed by atoms with E-state index in [1.807, 2.05) is 100 Å². The summed E-state index contributed by atoms with van der Waals surface area (Å²) in [6, 6.07) is 22.6. The van der Waals surface area contributed by atoms with Gasteiger partial charge in [0.05, 0.1) is 11.9 Å². The van der Waals surface area contributed by atoms with Crippen LogP contribution in [0.4, 0.5) is 5.69 Å². The Kier molecular flexibility index (Phi) is 11.5. The van der Waals surface area contributed by atoms with Gasteiger partial charge in [-0.3, -0.25) is 13.9 Å². The molecule has 0 unspecified atom stereocenters. The van der Waals surface area contributed by atoms with Gasteiger partial charge in [-0.15, -0.1) is 0 Å². The average Bonchev–Trinajstić information content (AvgIpc) is 2.93. The molecule has 220 valence electrons. The van der Waals surface area contributed by atoms with Gasteiger partial charge in [-0.1, -0.05) is 79.2 Å². The zero-order valence-electron chi connectivity index (χ0n) is 24.9. The van der Waals surface area contributed by atoms with Crippen LogP contribution < -0.4 is 9.62 Å². The van der Waals surface area contributed by atoms with Crippen LogP contribution in [0.2, 0.25) is 0 Å². The van der Waals surface area contributed by atoms with E-state index in [0.29, 0.717) is 25.1 Å². The number of carbonyl (C=O) groups excluding carboxylic acids is 2. The number of hydrogen-bond donors (Lipinski definition) is 1. The van der Waals surface area contributed by atoms with E-state index >= 15 is 0 Å². The Hall–Kier alpha value is -3.65. The molecular weight excluding hydrogens is 534 g/mol. The molecule has 0 fully saturated rings. The average molecular weight is 578 g/mol. The zero-order chi connectivity index (χ0) is 30.0. The molecule has 3 aromatic carbocycles. The van der Waals surface area contributed by atoms with Gasteiger partial charge >= 0.3 is 0 Å². The smallest absolute Gasteiger partial charge is 0.243 e. The van der Waals surface area contributed by atoms with Crippen LogP contribution in [0.25, 0.3) is 0 Å². The molecule has 7 nitrogen and oxygen atoms in total. The largest absolute Gasteiger partial charge is 0.354 e. The highest BCUT2D eigenvalue weighted by molar-refractivity contribution is 7.92. The molecule has 0 aliphatic carbocycles. The third-order valence-electron chi connectivity index (χ3n) is 7.04. The number of hydrogen-bond acceptors (Lipinski definition) is 4. The standard InChI is InChI=1S/C33H43N3O4S/c1-6-19-34-33(38)31(23-28-13-8-7-9-14-28)35(24-29-15-10-12-25(2)21-29)32(37)16-11-20-36(41(5,39)40)30-22-26(3)17-18-27(30)4/h7-10,12-15,17-18,21-22,31H,6,11,16,19-20,23-24H2,1-5H3,(H,34,38)/t31-/m0/s1. The fourth-order valence-electron chi connectivity index (χ4n) is 4.90. The Bertz CT molecular complexity index is 1420. The number of sulfonamides is 1. The van der Waals surface area contributed by atoms with Crippen LogP contribution in [0.3, 0.4) is 0 Å². The molecule has 2 amide bonds. The lowest BCUT2D eigenvalue weighted by molar-refractivity contribution is -0.141. The van der Waals surface area contributed by atoms with Crippen molar-refractivity contribution in [3.05, 3.63) is 101 Å². The topological polar surface area (TPSA) is 86.8 Å². The summed E-state index contributed by atoms with van der Waals surface area (Å²) in [6.07, 6.45) is 2.78. The summed E-state index contributed by atoms with van der Waals surface area (Å²) in [7, 11) is -3.57. The molecule has 0 aromatic heterocycles. The van der Waals surface area contributed by atoms with Gasteiger partial charge in [0.1, 0.15) is 6.04 Å². The fourth-order valence-corrected chi connectivity index (χ4v) is 5.91. The first-order valence-corrected chi connectivity index (χ1v) is 16.1. The third-order valence-corrected chi connectivity index (χ3v) is 8.22. The van der Waals surface area contributed by atoms with Gasteiger partial charge in [-0.2, -0.15) is 0 Å². The van der Waals surface area contributed by atoms with Gasteiger partial charge in [0.2, 0.25) is 21.8 Å². The van der Waals surface area contributed by atoms with E-state index in [0.717, 1.165) is 34.2 Å². The van der Waals surface area contributed by atoms with Crippen LogP contribution in [0.5, 0.6) is 0 Å². The summed E-state index contributed by atoms with van der Waals surface area (Å²) < 4.78 is 26.9. The maximum Gasteiger partial charge on any atom is 0.243 e. The molecule has 8 heteroatoms. The van der Waals surface area contributed by atoms with E-state index in [1.54, 1.807) is 4.90 Å². The predicted molar refractivity (Wildman–Crippen MR) is 166 cm³/mol. The summed E-state index contributed by atoms with van der Waals surface area (Å²) >= 11 is 0. The summed E-state index contributed by atoms with van der Waals surface area (Å²) in [4.78, 5) is 29.1. The first-order chi connectivity index (χ1) is 19.5. The van der Waals surface area contributed by atoms with Crippen LogP contribution in [0.1, 0.15) is 54.0 Å². The van der Waals surface area contributed by atoms with Crippen LogP contribution in [-0.4, -0.2) is 50.5 Å². The van der Waals surface area contributed by atoms with Gasteiger partial charge in [0, 0.05) is 32.5 Å². The van der Waals surface area contributed by atoms with Gasteiger partial charge in [0.25, 0.3) is 0 Å². The molecule has 0 radical (unpaired) electrons. The van der Waals surface area contributed by atoms with Gasteiger partial charge in [-0.05, 0) is 61.9 Å². The van der Waals surface area contributed by atoms with Gasteiger partial charge < -0.3 is 10.2 Å². The van der Waals surface area contributed by atoms with E-state index in [9.17, 15) is 18.0 Å². The number of nitrogens with one attached hydrogen (secondary N) is 1. The molecule has 3 aromatic rings. The van der Waals surface area contributed by atoms with Crippen molar-refractivity contribution in [2.45, 2.75) is 66.0 Å². The lowest BCUT2D eigenvalue weighted by Crippen LogP contribution is -2.50. The SMILES string of the molecule is CCCNC(=O)[C@H](Cc1ccccc1)N(Cc1cccc(C)c1)C(=O)CCCN(c1cc(C)ccc1C)S(C)(=O)=O. The van der Waals surface area contributed by atoms with Crippen LogP contribution in [-0.2, 0) is 32.6 Å². The minimum Gasteiger partial charge on any atom is -0.354 e. The van der Waals surface area contributed by atoms with Crippen molar-refractivity contribution < 1.29 is 18.0 Å². The van der Waals surface area contributed by atoms with Crippen molar-refractivity contribution in [1.29, 1.82) is 0 Å². The molecule has 0 saturated heterocycles. The van der Waals surface area contributed by atoms with Crippen molar-refractivity contribution in [2.75, 3.05) is 23.7 Å². The Morgan fingerprint density at radius 2 is 1.56 bits per heavy atom. The lowest BCUT2D eigenvalue weighted by atomic mass is 10.0. The molecule has 0 spiro atoms. The predicted octanol–water partition coefficient (Wildman–Crippen LogP) is 5.32. The second-order valence-corrected chi connectivity index (χ2v) is 12.6. The quantitative estimate of drug-likeness (QED) is 0.281. The highest BCUT2D eigenvalue weighted by Crippen LogP contribution is 2.25. The van der Waals surface area contributed by atoms with Crippen molar-refractivity contribution in [2.24, 2.45) is 0 Å². The molecule has 0 saturated carbocycles. The minimum absolute atomic E-state index is 0.106. The number of rotatable bonds is 14. The number of aryl methyl sites for hydroxylation is 3. The first kappa shape index (κ1) is 31.9. The Morgan fingerprint density at radius 1 is 0.878 bits per heavy atom. The monoisotopic (exact) mass is 577 g/mol. The van der Waals surface area contributed by atoms with E-state index < -0.39 is 16.1 Å². The van der Waals surface area contributed by atoms with E-state index in [1.165, 1.54) is 10.6 Å². The summed E-state index contributed by atoms with van der Waals surface area (Å²) in [6.45, 7) is 8.76. The number of benzene rings is 3. The van der Waals surface area contributed by atoms with Gasteiger partial charge in [0.15, 0.2) is 0 Å². The van der Waals surface area contributed by atoms with Crippen LogP contribution >= 0.6 is 0 Å². The Labute approximate surface area is 245 Å². The molecule has 0 aliphatic heterocycles. The minimum atomic E-state index is -3.57. The second-order valence-electron chi connectivity index (χ2n) is 10.7. The molecular formula is C33H43N3O4S. The van der Waals surface area contributed by atoms with E-state index in [-0.39, 0.29) is 31.3 Å². The molecule has 1 atom stereocenters. The van der Waals surface area contributed by atoms with E-state index in [4.69, 9.17) is 0 Å². The van der Waals surface area contributed by atoms with Crippen molar-refractivity contribution in [1.82, 2.24) is 10.2 Å². The summed E-state index contributed by atoms with van der Waals surface area (Å²) in [5, 5.41) is 2.99. The third kappa shape index (κ3) is 9.46. The number of amides is 2. The molecule has 0 aliphatic rings. The number of anilines is 1. The zero-order valence-corrected chi connectivity index (χ0v) is 25.7. The summed E-state index contributed by atoms with van der Waals surface area (Å²) in [5.74, 6) is -0.377. The second kappa shape index (κ2) is 14.8. The number of nitrogens with zero attached hydrogens (tertiary/aromatic N) is 2. The Balaban J connectivity index is 1.89. The molecule has 41 heavy (non-hydrogen) atoms. The fraction of sp³-hybridized carbons (Fsp3) is 0.394. The molecule has 3 rings (SSSR count). The Morgan fingerprint density at radius 3 is 2.22 bits per heavy atom. The molecule has 0 heterocycles. The van der Waals surface area contributed by atoms with E-state index in [2.05, 4.69) is 5.32 Å².